The van der Waals surface area contributed by atoms with Gasteiger partial charge in [-0.15, -0.1) is 0 Å². The topological polar surface area (TPSA) is 29.5 Å². The fraction of sp³-hybridized carbons (Fsp3) is 0.417. The van der Waals surface area contributed by atoms with Crippen LogP contribution in [0.1, 0.15) is 24.5 Å². The highest BCUT2D eigenvalue weighted by atomic mass is 16.5. The van der Waals surface area contributed by atoms with Crippen LogP contribution in [-0.4, -0.2) is 23.6 Å². The lowest BCUT2D eigenvalue weighted by molar-refractivity contribution is -0.130. The minimum Gasteiger partial charge on any atom is -0.340 e. The quantitative estimate of drug-likeness (QED) is 0.695. The van der Waals surface area contributed by atoms with Crippen LogP contribution in [0.25, 0.3) is 0 Å². The molecule has 3 rings (SSSR count). The molecule has 0 N–H and O–H groups in total. The lowest BCUT2D eigenvalue weighted by atomic mass is 10.1. The molecule has 0 saturated carbocycles. The van der Waals surface area contributed by atoms with E-state index in [1.165, 1.54) is 0 Å². The third-order valence-corrected chi connectivity index (χ3v) is 3.10. The summed E-state index contributed by atoms with van der Waals surface area (Å²) in [5.74, 6) is 0.128. The van der Waals surface area contributed by atoms with Crippen molar-refractivity contribution in [2.75, 3.05) is 6.54 Å². The first kappa shape index (κ1) is 8.92. The lowest BCUT2D eigenvalue weighted by Crippen LogP contribution is -2.28. The maximum atomic E-state index is 12.0. The number of hydrogen-bond acceptors (Lipinski definition) is 2. The second-order valence-corrected chi connectivity index (χ2v) is 4.06. The Labute approximate surface area is 88.6 Å². The molecule has 2 unspecified atom stereocenters. The van der Waals surface area contributed by atoms with Gasteiger partial charge in [0.15, 0.2) is 6.10 Å². The summed E-state index contributed by atoms with van der Waals surface area (Å²) in [6.45, 7) is 0.854. The fourth-order valence-electron chi connectivity index (χ4n) is 2.34. The molecule has 1 aromatic rings. The van der Waals surface area contributed by atoms with Gasteiger partial charge in [-0.2, -0.15) is 0 Å². The average Bonchev–Trinajstić information content (AvgIpc) is 2.83. The van der Waals surface area contributed by atoms with E-state index in [-0.39, 0.29) is 18.2 Å². The zero-order chi connectivity index (χ0) is 10.3. The summed E-state index contributed by atoms with van der Waals surface area (Å²) in [7, 11) is 0. The van der Waals surface area contributed by atoms with Crippen LogP contribution in [-0.2, 0) is 9.53 Å². The van der Waals surface area contributed by atoms with E-state index in [0.717, 1.165) is 24.9 Å². The number of rotatable bonds is 1. The summed E-state index contributed by atoms with van der Waals surface area (Å²) < 4.78 is 5.76. The summed E-state index contributed by atoms with van der Waals surface area (Å²) in [6.07, 6.45) is 1.71. The van der Waals surface area contributed by atoms with Crippen LogP contribution in [0.5, 0.6) is 0 Å². The van der Waals surface area contributed by atoms with E-state index >= 15 is 0 Å². The molecule has 2 aliphatic heterocycles. The second kappa shape index (κ2) is 3.35. The van der Waals surface area contributed by atoms with Crippen molar-refractivity contribution in [3.8, 4) is 0 Å². The van der Waals surface area contributed by atoms with E-state index in [9.17, 15) is 4.79 Å². The predicted octanol–water partition coefficient (Wildman–Crippen LogP) is 1.71. The van der Waals surface area contributed by atoms with Gasteiger partial charge in [-0.3, -0.25) is 4.79 Å². The third-order valence-electron chi connectivity index (χ3n) is 3.10. The van der Waals surface area contributed by atoms with Gasteiger partial charge in [0.05, 0.1) is 0 Å². The van der Waals surface area contributed by atoms with Gasteiger partial charge in [-0.05, 0) is 18.4 Å². The maximum absolute atomic E-state index is 12.0. The van der Waals surface area contributed by atoms with Crippen molar-refractivity contribution in [3.63, 3.8) is 0 Å². The number of ether oxygens (including phenoxy) is 1. The monoisotopic (exact) mass is 203 g/mol. The van der Waals surface area contributed by atoms with Crippen LogP contribution in [0, 0.1) is 0 Å². The summed E-state index contributed by atoms with van der Waals surface area (Å²) in [5.41, 5.74) is 0.969. The van der Waals surface area contributed by atoms with Crippen molar-refractivity contribution < 1.29 is 9.53 Å². The Morgan fingerprint density at radius 3 is 2.80 bits per heavy atom. The Bertz CT molecular complexity index is 376. The molecule has 2 saturated heterocycles. The second-order valence-electron chi connectivity index (χ2n) is 4.06. The molecule has 3 nitrogen and oxygen atoms in total. The van der Waals surface area contributed by atoms with Gasteiger partial charge in [0.25, 0.3) is 5.91 Å². The first-order valence-corrected chi connectivity index (χ1v) is 5.37. The molecule has 2 heterocycles. The molecule has 0 aromatic heterocycles. The van der Waals surface area contributed by atoms with E-state index in [4.69, 9.17) is 4.74 Å². The van der Waals surface area contributed by atoms with E-state index < -0.39 is 0 Å². The molecule has 0 bridgehead atoms. The molecular formula is C12H13NO2. The first-order chi connectivity index (χ1) is 7.36. The van der Waals surface area contributed by atoms with Crippen LogP contribution < -0.4 is 0 Å². The molecule has 0 spiro atoms. The number of nitrogens with zero attached hydrogens (tertiary/aromatic N) is 1. The highest BCUT2D eigenvalue weighted by Crippen LogP contribution is 2.35. The van der Waals surface area contributed by atoms with Gasteiger partial charge in [0, 0.05) is 6.54 Å². The van der Waals surface area contributed by atoms with Gasteiger partial charge < -0.3 is 9.64 Å². The Kier molecular flexibility index (Phi) is 1.99. The van der Waals surface area contributed by atoms with Gasteiger partial charge >= 0.3 is 0 Å². The minimum atomic E-state index is -0.364. The van der Waals surface area contributed by atoms with Gasteiger partial charge in [0.2, 0.25) is 0 Å². The van der Waals surface area contributed by atoms with Crippen LogP contribution in [0.3, 0.4) is 0 Å². The van der Waals surface area contributed by atoms with Crippen molar-refractivity contribution in [1.29, 1.82) is 0 Å². The molecule has 2 atom stereocenters. The van der Waals surface area contributed by atoms with E-state index in [1.54, 1.807) is 0 Å². The molecule has 78 valence electrons. The molecular weight excluding hydrogens is 190 g/mol. The fourth-order valence-corrected chi connectivity index (χ4v) is 2.34. The Morgan fingerprint density at radius 1 is 1.27 bits per heavy atom. The van der Waals surface area contributed by atoms with Crippen molar-refractivity contribution >= 4 is 5.91 Å². The normalized spacial score (nSPS) is 29.6. The van der Waals surface area contributed by atoms with Crippen molar-refractivity contribution in [1.82, 2.24) is 4.90 Å². The molecule has 15 heavy (non-hydrogen) atoms. The molecule has 2 fully saturated rings. The number of fused-ring (bicyclic) bond motifs is 1. The number of benzene rings is 1. The summed E-state index contributed by atoms with van der Waals surface area (Å²) in [4.78, 5) is 13.8. The summed E-state index contributed by atoms with van der Waals surface area (Å²) in [5, 5.41) is 0. The largest absolute Gasteiger partial charge is 0.340 e. The zero-order valence-electron chi connectivity index (χ0n) is 8.43. The van der Waals surface area contributed by atoms with Gasteiger partial charge in [-0.25, -0.2) is 0 Å². The van der Waals surface area contributed by atoms with Crippen LogP contribution >= 0.6 is 0 Å². The zero-order valence-corrected chi connectivity index (χ0v) is 8.43. The molecule has 2 aliphatic rings. The van der Waals surface area contributed by atoms with Crippen molar-refractivity contribution in [2.24, 2.45) is 0 Å². The smallest absolute Gasteiger partial charge is 0.258 e. The minimum absolute atomic E-state index is 0.0303. The summed E-state index contributed by atoms with van der Waals surface area (Å²) >= 11 is 0. The highest BCUT2D eigenvalue weighted by Gasteiger charge is 2.43. The Hall–Kier alpha value is -1.35. The van der Waals surface area contributed by atoms with E-state index in [0.29, 0.717) is 0 Å². The first-order valence-electron chi connectivity index (χ1n) is 5.37. The van der Waals surface area contributed by atoms with Crippen LogP contribution in [0.2, 0.25) is 0 Å². The van der Waals surface area contributed by atoms with E-state index in [1.807, 2.05) is 35.2 Å². The van der Waals surface area contributed by atoms with Crippen LogP contribution in [0.15, 0.2) is 30.3 Å². The summed E-state index contributed by atoms with van der Waals surface area (Å²) in [6, 6.07) is 9.73. The molecule has 0 aliphatic carbocycles. The Balaban J connectivity index is 1.88. The highest BCUT2D eigenvalue weighted by molar-refractivity contribution is 5.84. The predicted molar refractivity (Wildman–Crippen MR) is 55.0 cm³/mol. The third kappa shape index (κ3) is 1.35. The number of hydrogen-bond donors (Lipinski definition) is 0. The maximum Gasteiger partial charge on any atom is 0.258 e. The number of carbonyl (C=O) groups is 1. The van der Waals surface area contributed by atoms with Gasteiger partial charge in [-0.1, -0.05) is 30.3 Å². The average molecular weight is 203 g/mol. The van der Waals surface area contributed by atoms with Gasteiger partial charge in [0.1, 0.15) is 6.23 Å². The lowest BCUT2D eigenvalue weighted by Gasteiger charge is -2.11. The van der Waals surface area contributed by atoms with E-state index in [2.05, 4.69) is 0 Å². The number of carbonyl (C=O) groups excluding carboxylic acids is 1. The number of amides is 1. The molecule has 1 amide bonds. The Morgan fingerprint density at radius 2 is 2.07 bits per heavy atom. The SMILES string of the molecule is O=C1C(c2ccccc2)OC2CCCN12. The van der Waals surface area contributed by atoms with Crippen LogP contribution in [0.4, 0.5) is 0 Å². The molecule has 1 aromatic carbocycles. The van der Waals surface area contributed by atoms with Crippen molar-refractivity contribution in [3.05, 3.63) is 35.9 Å². The molecule has 3 heteroatoms. The standard InChI is InChI=1S/C12H13NO2/c14-12-11(9-5-2-1-3-6-9)15-10-7-4-8-13(10)12/h1-3,5-6,10-11H,4,7-8H2. The molecule has 0 radical (unpaired) electrons. The van der Waals surface area contributed by atoms with Crippen molar-refractivity contribution in [2.45, 2.75) is 25.2 Å².